The summed E-state index contributed by atoms with van der Waals surface area (Å²) in [6.07, 6.45) is 2.34. The molecule has 0 aliphatic carbocycles. The van der Waals surface area contributed by atoms with E-state index >= 15 is 0 Å². The quantitative estimate of drug-likeness (QED) is 0.651. The van der Waals surface area contributed by atoms with Crippen molar-refractivity contribution in [3.8, 4) is 0 Å². The van der Waals surface area contributed by atoms with Crippen molar-refractivity contribution < 1.29 is 24.2 Å². The average molecular weight is 302 g/mol. The van der Waals surface area contributed by atoms with Gasteiger partial charge in [-0.25, -0.2) is 9.59 Å². The molecule has 2 N–H and O–H groups in total. The lowest BCUT2D eigenvalue weighted by Crippen LogP contribution is -2.53. The van der Waals surface area contributed by atoms with Crippen LogP contribution in [0, 0.1) is 5.92 Å². The standard InChI is InChI=1S/C14H26N2O5/c1-3-11-4-6-16(12(10-11)13(17)18)14(19)15-5-7-21-9-8-20-2/h11-12H,3-10H2,1-2H3,(H,15,19)(H,17,18). The summed E-state index contributed by atoms with van der Waals surface area (Å²) in [5.74, 6) is -0.549. The van der Waals surface area contributed by atoms with Gasteiger partial charge in [-0.1, -0.05) is 13.3 Å². The van der Waals surface area contributed by atoms with E-state index in [9.17, 15) is 14.7 Å². The highest BCUT2D eigenvalue weighted by atomic mass is 16.5. The Morgan fingerprint density at radius 1 is 1.33 bits per heavy atom. The smallest absolute Gasteiger partial charge is 0.326 e. The number of aliphatic carboxylic acids is 1. The highest BCUT2D eigenvalue weighted by Crippen LogP contribution is 2.25. The van der Waals surface area contributed by atoms with Gasteiger partial charge < -0.3 is 24.8 Å². The highest BCUT2D eigenvalue weighted by molar-refractivity contribution is 5.82. The molecule has 0 radical (unpaired) electrons. The van der Waals surface area contributed by atoms with Gasteiger partial charge in [0, 0.05) is 20.2 Å². The number of carboxylic acids is 1. The molecule has 1 aliphatic heterocycles. The predicted molar refractivity (Wildman–Crippen MR) is 77.2 cm³/mol. The van der Waals surface area contributed by atoms with Crippen molar-refractivity contribution in [1.29, 1.82) is 0 Å². The third-order valence-corrected chi connectivity index (χ3v) is 3.79. The first kappa shape index (κ1) is 17.7. The zero-order valence-corrected chi connectivity index (χ0v) is 12.8. The molecule has 0 bridgehead atoms. The van der Waals surface area contributed by atoms with Crippen LogP contribution >= 0.6 is 0 Å². The van der Waals surface area contributed by atoms with Crippen molar-refractivity contribution in [2.45, 2.75) is 32.2 Å². The van der Waals surface area contributed by atoms with Crippen molar-refractivity contribution >= 4 is 12.0 Å². The molecule has 1 heterocycles. The van der Waals surface area contributed by atoms with Crippen molar-refractivity contribution in [2.24, 2.45) is 5.92 Å². The minimum absolute atomic E-state index is 0.327. The van der Waals surface area contributed by atoms with Crippen molar-refractivity contribution in [1.82, 2.24) is 10.2 Å². The Kier molecular flexibility index (Phi) is 8.07. The summed E-state index contributed by atoms with van der Waals surface area (Å²) in [5.41, 5.74) is 0. The van der Waals surface area contributed by atoms with Gasteiger partial charge in [-0.15, -0.1) is 0 Å². The number of carbonyl (C=O) groups is 2. The lowest BCUT2D eigenvalue weighted by molar-refractivity contribution is -0.144. The van der Waals surface area contributed by atoms with Crippen LogP contribution in [-0.2, 0) is 14.3 Å². The molecule has 1 aliphatic rings. The molecule has 2 atom stereocenters. The average Bonchev–Trinajstić information content (AvgIpc) is 2.49. The van der Waals surface area contributed by atoms with Crippen LogP contribution < -0.4 is 5.32 Å². The second-order valence-corrected chi connectivity index (χ2v) is 5.18. The van der Waals surface area contributed by atoms with E-state index in [0.717, 1.165) is 12.8 Å². The first-order chi connectivity index (χ1) is 10.1. The number of piperidine rings is 1. The first-order valence-electron chi connectivity index (χ1n) is 7.44. The topological polar surface area (TPSA) is 88.1 Å². The Balaban J connectivity index is 2.35. The molecule has 1 saturated heterocycles. The SMILES string of the molecule is CCC1CCN(C(=O)NCCOCCOC)C(C(=O)O)C1. The largest absolute Gasteiger partial charge is 0.480 e. The fourth-order valence-electron chi connectivity index (χ4n) is 2.46. The minimum Gasteiger partial charge on any atom is -0.480 e. The number of hydrogen-bond acceptors (Lipinski definition) is 4. The van der Waals surface area contributed by atoms with E-state index in [1.807, 2.05) is 0 Å². The Morgan fingerprint density at radius 3 is 2.71 bits per heavy atom. The normalized spacial score (nSPS) is 22.1. The number of likely N-dealkylation sites (tertiary alicyclic amines) is 1. The van der Waals surface area contributed by atoms with E-state index in [-0.39, 0.29) is 6.03 Å². The van der Waals surface area contributed by atoms with Gasteiger partial charge >= 0.3 is 12.0 Å². The lowest BCUT2D eigenvalue weighted by Gasteiger charge is -2.36. The van der Waals surface area contributed by atoms with Crippen LogP contribution in [0.1, 0.15) is 26.2 Å². The molecule has 7 heteroatoms. The van der Waals surface area contributed by atoms with Crippen molar-refractivity contribution in [3.63, 3.8) is 0 Å². The monoisotopic (exact) mass is 302 g/mol. The highest BCUT2D eigenvalue weighted by Gasteiger charge is 2.35. The number of urea groups is 1. The van der Waals surface area contributed by atoms with E-state index in [0.29, 0.717) is 45.2 Å². The third-order valence-electron chi connectivity index (χ3n) is 3.79. The summed E-state index contributed by atoms with van der Waals surface area (Å²) in [6.45, 7) is 4.29. The molecule has 0 aromatic carbocycles. The molecule has 0 aromatic rings. The van der Waals surface area contributed by atoms with Crippen LogP contribution in [-0.4, -0.2) is 68.1 Å². The molecule has 0 aromatic heterocycles. The number of ether oxygens (including phenoxy) is 2. The fraction of sp³-hybridized carbons (Fsp3) is 0.857. The summed E-state index contributed by atoms with van der Waals surface area (Å²) < 4.78 is 10.1. The molecule has 7 nitrogen and oxygen atoms in total. The van der Waals surface area contributed by atoms with Gasteiger partial charge in [0.1, 0.15) is 6.04 Å². The Hall–Kier alpha value is -1.34. The summed E-state index contributed by atoms with van der Waals surface area (Å²) in [4.78, 5) is 24.8. The van der Waals surface area contributed by atoms with E-state index in [4.69, 9.17) is 9.47 Å². The molecule has 122 valence electrons. The van der Waals surface area contributed by atoms with Gasteiger partial charge in [-0.3, -0.25) is 0 Å². The number of carbonyl (C=O) groups excluding carboxylic acids is 1. The van der Waals surface area contributed by atoms with E-state index in [1.165, 1.54) is 4.90 Å². The minimum atomic E-state index is -0.931. The van der Waals surface area contributed by atoms with Gasteiger partial charge in [0.25, 0.3) is 0 Å². The second-order valence-electron chi connectivity index (χ2n) is 5.18. The number of hydrogen-bond donors (Lipinski definition) is 2. The Bertz CT molecular complexity index is 337. The zero-order chi connectivity index (χ0) is 15.7. The summed E-state index contributed by atoms with van der Waals surface area (Å²) in [7, 11) is 1.59. The number of nitrogens with one attached hydrogen (secondary N) is 1. The maximum atomic E-state index is 12.1. The van der Waals surface area contributed by atoms with Gasteiger partial charge in [-0.2, -0.15) is 0 Å². The molecule has 1 fully saturated rings. The maximum Gasteiger partial charge on any atom is 0.326 e. The zero-order valence-electron chi connectivity index (χ0n) is 12.8. The van der Waals surface area contributed by atoms with Crippen LogP contribution in [0.15, 0.2) is 0 Å². The molecule has 2 amide bonds. The van der Waals surface area contributed by atoms with Crippen LogP contribution in [0.3, 0.4) is 0 Å². The molecule has 1 rings (SSSR count). The molecular formula is C14H26N2O5. The van der Waals surface area contributed by atoms with Gasteiger partial charge in [0.15, 0.2) is 0 Å². The van der Waals surface area contributed by atoms with Crippen LogP contribution in [0.25, 0.3) is 0 Å². The van der Waals surface area contributed by atoms with Gasteiger partial charge in [0.2, 0.25) is 0 Å². The molecule has 0 saturated carbocycles. The van der Waals surface area contributed by atoms with Crippen molar-refractivity contribution in [3.05, 3.63) is 0 Å². The summed E-state index contributed by atoms with van der Waals surface area (Å²) in [6, 6.07) is -1.05. The molecular weight excluding hydrogens is 276 g/mol. The Morgan fingerprint density at radius 2 is 2.10 bits per heavy atom. The number of nitrogens with zero attached hydrogens (tertiary/aromatic N) is 1. The van der Waals surface area contributed by atoms with Crippen LogP contribution in [0.5, 0.6) is 0 Å². The first-order valence-corrected chi connectivity index (χ1v) is 7.44. The van der Waals surface area contributed by atoms with Gasteiger partial charge in [0.05, 0.1) is 19.8 Å². The second kappa shape index (κ2) is 9.57. The fourth-order valence-corrected chi connectivity index (χ4v) is 2.46. The van der Waals surface area contributed by atoms with Crippen molar-refractivity contribution in [2.75, 3.05) is 40.0 Å². The molecule has 21 heavy (non-hydrogen) atoms. The van der Waals surface area contributed by atoms with Gasteiger partial charge in [-0.05, 0) is 18.8 Å². The third kappa shape index (κ3) is 5.89. The number of methoxy groups -OCH3 is 1. The molecule has 0 spiro atoms. The molecule has 2 unspecified atom stereocenters. The van der Waals surface area contributed by atoms with E-state index in [1.54, 1.807) is 7.11 Å². The van der Waals surface area contributed by atoms with Crippen LogP contribution in [0.2, 0.25) is 0 Å². The predicted octanol–water partition coefficient (Wildman–Crippen LogP) is 0.934. The summed E-state index contributed by atoms with van der Waals surface area (Å²) in [5, 5.41) is 12.0. The van der Waals surface area contributed by atoms with E-state index in [2.05, 4.69) is 12.2 Å². The number of carboxylic acid groups (broad SMARTS) is 1. The van der Waals surface area contributed by atoms with E-state index < -0.39 is 12.0 Å². The maximum absolute atomic E-state index is 12.1. The number of amides is 2. The Labute approximate surface area is 125 Å². The van der Waals surface area contributed by atoms with Crippen LogP contribution in [0.4, 0.5) is 4.79 Å². The number of rotatable bonds is 8. The lowest BCUT2D eigenvalue weighted by atomic mass is 9.89. The summed E-state index contributed by atoms with van der Waals surface area (Å²) >= 11 is 0.